The van der Waals surface area contributed by atoms with Crippen molar-refractivity contribution in [2.45, 2.75) is 0 Å². The van der Waals surface area contributed by atoms with E-state index < -0.39 is 59.7 Å². The summed E-state index contributed by atoms with van der Waals surface area (Å²) in [6, 6.07) is 66.5. The highest BCUT2D eigenvalue weighted by Crippen LogP contribution is 2.33. The first kappa shape index (κ1) is 83.1. The topological polar surface area (TPSA) is 277 Å². The molecule has 0 aliphatic carbocycles. The third kappa shape index (κ3) is 22.1. The van der Waals surface area contributed by atoms with Crippen LogP contribution in [0.15, 0.2) is 267 Å². The zero-order chi connectivity index (χ0) is 86.1. The molecule has 21 heteroatoms. The number of ether oxygens (including phenoxy) is 6. The van der Waals surface area contributed by atoms with Crippen molar-refractivity contribution in [3.05, 3.63) is 361 Å². The van der Waals surface area contributed by atoms with Crippen LogP contribution in [0.2, 0.25) is 0 Å². The van der Waals surface area contributed by atoms with Crippen molar-refractivity contribution in [1.82, 2.24) is 0 Å². The molecular weight excluding hydrogens is 1530 g/mol. The molecule has 0 aromatic heterocycles. The van der Waals surface area contributed by atoms with Gasteiger partial charge in [0.05, 0.1) is 50.2 Å². The van der Waals surface area contributed by atoms with Gasteiger partial charge in [0.1, 0.15) is 34.5 Å². The summed E-state index contributed by atoms with van der Waals surface area (Å²) in [5, 5.41) is 10.5. The highest BCUT2D eigenvalue weighted by atomic mass is 16.6. The maximum absolute atomic E-state index is 13.3. The van der Waals surface area contributed by atoms with Crippen LogP contribution in [0.25, 0.3) is 0 Å². The summed E-state index contributed by atoms with van der Waals surface area (Å²) in [5.41, 5.74) is 5.72. The average Bonchev–Trinajstić information content (AvgIpc) is 1.61. The quantitative estimate of drug-likeness (QED) is 0.0285. The number of fused-ring (bicyclic) bond motifs is 1. The van der Waals surface area contributed by atoms with E-state index in [2.05, 4.69) is 74.6 Å². The van der Waals surface area contributed by atoms with Crippen molar-refractivity contribution in [1.29, 1.82) is 0 Å². The molecule has 0 bridgehead atoms. The van der Waals surface area contributed by atoms with Gasteiger partial charge in [0.2, 0.25) is 0 Å². The Morgan fingerprint density at radius 3 is 0.785 bits per heavy atom. The van der Waals surface area contributed by atoms with E-state index in [0.29, 0.717) is 61.4 Å². The monoisotopic (exact) mass is 1580 g/mol. The molecule has 0 saturated heterocycles. The lowest BCUT2D eigenvalue weighted by Gasteiger charge is -2.17. The summed E-state index contributed by atoms with van der Waals surface area (Å²) < 4.78 is 32.7. The Morgan fingerprint density at radius 2 is 0.479 bits per heavy atom. The van der Waals surface area contributed by atoms with Gasteiger partial charge in [0.25, 0.3) is 11.8 Å². The number of amides is 6. The van der Waals surface area contributed by atoms with Gasteiger partial charge in [0, 0.05) is 72.8 Å². The highest BCUT2D eigenvalue weighted by molar-refractivity contribution is 6.35. The average molecular weight is 1580 g/mol. The van der Waals surface area contributed by atoms with Crippen molar-refractivity contribution in [2.24, 2.45) is 0 Å². The third-order valence-electron chi connectivity index (χ3n) is 16.9. The number of anilines is 5. The second-order valence-electron chi connectivity index (χ2n) is 25.2. The molecule has 12 aromatic carbocycles. The molecule has 1 aliphatic rings. The Hall–Kier alpha value is -18.8. The number of carbonyl (C=O) groups excluding carboxylic acids is 10. The van der Waals surface area contributed by atoms with Crippen molar-refractivity contribution in [3.8, 4) is 146 Å². The fraction of sp³-hybridized carbons (Fsp3) is 0. The summed E-state index contributed by atoms with van der Waals surface area (Å²) in [5.74, 6) is 17.1. The van der Waals surface area contributed by atoms with Gasteiger partial charge < -0.3 is 49.7 Å². The first-order valence-electron chi connectivity index (χ1n) is 35.5. The highest BCUT2D eigenvalue weighted by Gasteiger charge is 2.38. The van der Waals surface area contributed by atoms with Gasteiger partial charge in [-0.05, 0) is 224 Å². The van der Waals surface area contributed by atoms with E-state index in [9.17, 15) is 47.9 Å². The van der Waals surface area contributed by atoms with Crippen LogP contribution in [-0.4, -0.2) is 59.7 Å². The molecule has 21 nitrogen and oxygen atoms in total. The number of urea groups is 2. The van der Waals surface area contributed by atoms with Gasteiger partial charge in [-0.3, -0.25) is 9.59 Å². The summed E-state index contributed by atoms with van der Waals surface area (Å²) >= 11 is 0. The molecule has 121 heavy (non-hydrogen) atoms. The van der Waals surface area contributed by atoms with E-state index in [4.69, 9.17) is 86.2 Å². The Morgan fingerprint density at radius 1 is 0.231 bits per heavy atom. The van der Waals surface area contributed by atoms with Gasteiger partial charge in [0.15, 0.2) is 0 Å². The lowest BCUT2D eigenvalue weighted by atomic mass is 10.1. The van der Waals surface area contributed by atoms with Crippen LogP contribution in [0.4, 0.5) is 38.0 Å². The zero-order valence-corrected chi connectivity index (χ0v) is 63.1. The maximum Gasteiger partial charge on any atom is 0.343 e. The van der Waals surface area contributed by atoms with Crippen LogP contribution in [0.1, 0.15) is 133 Å². The summed E-state index contributed by atoms with van der Waals surface area (Å²) in [7, 11) is 0. The molecule has 4 N–H and O–H groups in total. The van der Waals surface area contributed by atoms with E-state index in [1.807, 2.05) is 0 Å². The van der Waals surface area contributed by atoms with E-state index in [-0.39, 0.29) is 96.1 Å². The molecule has 0 unspecified atom stereocenters. The summed E-state index contributed by atoms with van der Waals surface area (Å²) in [4.78, 5) is 131. The fourth-order valence-electron chi connectivity index (χ4n) is 11.2. The Bertz CT molecular complexity index is 6400. The molecule has 578 valence electrons. The number of rotatable bonds is 17. The van der Waals surface area contributed by atoms with E-state index in [0.717, 1.165) is 4.90 Å². The predicted molar refractivity (Wildman–Crippen MR) is 455 cm³/mol. The molecule has 0 fully saturated rings. The second kappa shape index (κ2) is 39.1. The number of esters is 6. The van der Waals surface area contributed by atoms with Crippen LogP contribution < -0.4 is 54.6 Å². The lowest BCUT2D eigenvalue weighted by molar-refractivity contribution is 0.0715. The molecule has 0 saturated carbocycles. The second-order valence-corrected chi connectivity index (χ2v) is 25.2. The van der Waals surface area contributed by atoms with Crippen LogP contribution >= 0.6 is 0 Å². The van der Waals surface area contributed by atoms with E-state index >= 15 is 0 Å². The smallest absolute Gasteiger partial charge is 0.343 e. The number of terminal acetylenes is 9. The molecule has 0 radical (unpaired) electrons. The van der Waals surface area contributed by atoms with Gasteiger partial charge in [-0.15, -0.1) is 57.8 Å². The standard InChI is InChI=1S/C34H17NO6.2C33H20N2O5/c1-4-21-9-7-11-27(15-21)40-33(38)24-18-25(34(39)41-28-12-8-10-22(5-2)16-28)20-26(19-24)35-31(36)29-14-13-23(6-3)17-30(29)32(35)37;1-4-22-10-7-13-27(16-22)34-33(38)35-28-20-25(31(36)39-29-14-8-11-23(5-2)17-29)19-26(21-28)32(37)40-30-15-9-12-24(6-3)18-30;1-4-22-13-15-27(16-14-22)34-33(38)35-28-20-25(31(36)39-29-11-7-9-23(5-2)17-29)19-26(21-28)32(37)40-30-12-8-10-24(6-3)18-30/h1-3,7-20H;2*1-3,7-21H,(H2,34,35,38). The molecule has 13 rings (SSSR count). The summed E-state index contributed by atoms with van der Waals surface area (Å²) in [6.45, 7) is 0. The zero-order valence-electron chi connectivity index (χ0n) is 63.1. The Kier molecular flexibility index (Phi) is 26.9. The van der Waals surface area contributed by atoms with Crippen molar-refractivity contribution in [2.75, 3.05) is 26.2 Å². The van der Waals surface area contributed by atoms with Crippen molar-refractivity contribution in [3.63, 3.8) is 0 Å². The number of hydrogen-bond acceptors (Lipinski definition) is 16. The first-order chi connectivity index (χ1) is 58.5. The minimum Gasteiger partial charge on any atom is -0.423 e. The maximum atomic E-state index is 13.3. The molecule has 6 amide bonds. The van der Waals surface area contributed by atoms with Gasteiger partial charge >= 0.3 is 47.9 Å². The van der Waals surface area contributed by atoms with Gasteiger partial charge in [-0.2, -0.15) is 0 Å². The normalized spacial score (nSPS) is 10.4. The van der Waals surface area contributed by atoms with Crippen LogP contribution in [0, 0.1) is 111 Å². The summed E-state index contributed by atoms with van der Waals surface area (Å²) in [6.07, 6.45) is 48.8. The first-order valence-corrected chi connectivity index (χ1v) is 35.5. The van der Waals surface area contributed by atoms with E-state index in [1.165, 1.54) is 115 Å². The molecule has 1 heterocycles. The van der Waals surface area contributed by atoms with Gasteiger partial charge in [-0.1, -0.05) is 95.7 Å². The minimum atomic E-state index is -0.865. The molecule has 1 aliphatic heterocycles. The van der Waals surface area contributed by atoms with Crippen LogP contribution in [-0.2, 0) is 0 Å². The number of nitrogens with zero attached hydrogens (tertiary/aromatic N) is 1. The van der Waals surface area contributed by atoms with Crippen molar-refractivity contribution >= 4 is 88.1 Å². The number of benzene rings is 12. The molecule has 0 atom stereocenters. The minimum absolute atomic E-state index is 0.0217. The number of imide groups is 1. The molecule has 12 aromatic rings. The number of nitrogens with one attached hydrogen (secondary N) is 4. The Labute approximate surface area is 694 Å². The van der Waals surface area contributed by atoms with E-state index in [1.54, 1.807) is 152 Å². The molecule has 0 spiro atoms. The third-order valence-corrected chi connectivity index (χ3v) is 16.9. The SMILES string of the molecule is C#Cc1ccc(NC(=O)Nc2cc(C(=O)Oc3cccc(C#C)c3)cc(C(=O)Oc3cccc(C#C)c3)c2)cc1.C#Cc1cccc(NC(=O)Nc2cc(C(=O)Oc3cccc(C#C)c3)cc(C(=O)Oc3cccc(C#C)c3)c2)c1.C#Cc1cccc(OC(=O)c2cc(C(=O)Oc3cccc(C#C)c3)cc(N3C(=O)c4ccc(C#C)cc4C3=O)c2)c1. The molecular formula is C100H57N5O16. The van der Waals surface area contributed by atoms with Gasteiger partial charge in [-0.25, -0.2) is 43.3 Å². The number of carbonyl (C=O) groups is 10. The lowest BCUT2D eigenvalue weighted by Crippen LogP contribution is -2.30. The van der Waals surface area contributed by atoms with Crippen LogP contribution in [0.3, 0.4) is 0 Å². The van der Waals surface area contributed by atoms with Crippen molar-refractivity contribution < 1.29 is 76.4 Å². The predicted octanol–water partition coefficient (Wildman–Crippen LogP) is 16.3. The number of hydrogen-bond donors (Lipinski definition) is 4. The largest absolute Gasteiger partial charge is 0.423 e. The van der Waals surface area contributed by atoms with Crippen LogP contribution in [0.5, 0.6) is 34.5 Å². The Balaban J connectivity index is 0.000000177. The fourth-order valence-corrected chi connectivity index (χ4v) is 11.2.